The fourth-order valence-corrected chi connectivity index (χ4v) is 1.98. The Hall–Kier alpha value is -0.0800. The molecule has 0 aromatic heterocycles. The van der Waals surface area contributed by atoms with Gasteiger partial charge in [0.15, 0.2) is 0 Å². The molecule has 0 amide bonds. The monoisotopic (exact) mass is 201 g/mol. The van der Waals surface area contributed by atoms with Crippen LogP contribution in [-0.2, 0) is 4.74 Å². The Morgan fingerprint density at radius 1 is 1.29 bits per heavy atom. The maximum atomic E-state index is 5.40. The number of hydrogen-bond acceptors (Lipinski definition) is 2. The predicted molar refractivity (Wildman–Crippen MR) is 62.6 cm³/mol. The van der Waals surface area contributed by atoms with Crippen molar-refractivity contribution in [2.45, 2.75) is 53.2 Å². The molecule has 86 valence electrons. The van der Waals surface area contributed by atoms with Gasteiger partial charge < -0.3 is 9.64 Å². The van der Waals surface area contributed by atoms with Crippen LogP contribution in [0.15, 0.2) is 0 Å². The van der Waals surface area contributed by atoms with Gasteiger partial charge in [-0.05, 0) is 26.2 Å². The van der Waals surface area contributed by atoms with Gasteiger partial charge in [0, 0.05) is 26.2 Å². The van der Waals surface area contributed by atoms with Crippen LogP contribution in [0.2, 0.25) is 0 Å². The van der Waals surface area contributed by atoms with Gasteiger partial charge in [0.1, 0.15) is 0 Å². The summed E-state index contributed by atoms with van der Waals surface area (Å²) in [6, 6.07) is 0.685. The fourth-order valence-electron chi connectivity index (χ4n) is 1.98. The van der Waals surface area contributed by atoms with Crippen molar-refractivity contribution in [1.29, 1.82) is 0 Å². The molecule has 0 bridgehead atoms. The van der Waals surface area contributed by atoms with Crippen molar-refractivity contribution < 1.29 is 4.74 Å². The van der Waals surface area contributed by atoms with E-state index >= 15 is 0 Å². The zero-order valence-corrected chi connectivity index (χ0v) is 10.7. The third-order valence-electron chi connectivity index (χ3n) is 2.89. The van der Waals surface area contributed by atoms with E-state index < -0.39 is 0 Å². The Kier molecular flexibility index (Phi) is 7.20. The Morgan fingerprint density at radius 3 is 2.21 bits per heavy atom. The first-order chi connectivity index (χ1) is 6.65. The molecule has 2 heteroatoms. The number of likely N-dealkylation sites (tertiary alicyclic amines) is 1. The van der Waals surface area contributed by atoms with Crippen molar-refractivity contribution in [1.82, 2.24) is 4.90 Å². The molecule has 1 aliphatic heterocycles. The van der Waals surface area contributed by atoms with Crippen LogP contribution in [0.25, 0.3) is 0 Å². The SMILES string of the molecule is CC.COC1CCN(C(C)C)CC1C. The van der Waals surface area contributed by atoms with Gasteiger partial charge in [-0.25, -0.2) is 0 Å². The van der Waals surface area contributed by atoms with Gasteiger partial charge in [-0.2, -0.15) is 0 Å². The molecule has 2 atom stereocenters. The molecule has 14 heavy (non-hydrogen) atoms. The maximum Gasteiger partial charge on any atom is 0.0621 e. The van der Waals surface area contributed by atoms with E-state index in [1.54, 1.807) is 0 Å². The Labute approximate surface area is 89.6 Å². The van der Waals surface area contributed by atoms with Crippen LogP contribution in [-0.4, -0.2) is 37.2 Å². The molecule has 0 radical (unpaired) electrons. The van der Waals surface area contributed by atoms with E-state index in [1.807, 2.05) is 21.0 Å². The average molecular weight is 201 g/mol. The minimum atomic E-state index is 0.486. The molecule has 1 aliphatic rings. The third kappa shape index (κ3) is 3.97. The molecule has 0 saturated carbocycles. The second-order valence-electron chi connectivity index (χ2n) is 4.13. The molecule has 1 saturated heterocycles. The molecule has 0 aliphatic carbocycles. The van der Waals surface area contributed by atoms with Crippen molar-refractivity contribution in [2.75, 3.05) is 20.2 Å². The van der Waals surface area contributed by atoms with Gasteiger partial charge in [0.05, 0.1) is 6.10 Å². The first-order valence-electron chi connectivity index (χ1n) is 5.92. The first kappa shape index (κ1) is 13.9. The van der Waals surface area contributed by atoms with Gasteiger partial charge in [-0.15, -0.1) is 0 Å². The summed E-state index contributed by atoms with van der Waals surface area (Å²) < 4.78 is 5.40. The van der Waals surface area contributed by atoms with Gasteiger partial charge >= 0.3 is 0 Å². The van der Waals surface area contributed by atoms with Crippen molar-refractivity contribution in [2.24, 2.45) is 5.92 Å². The molecule has 0 aromatic rings. The molecule has 2 nitrogen and oxygen atoms in total. The van der Waals surface area contributed by atoms with Gasteiger partial charge in [0.2, 0.25) is 0 Å². The predicted octanol–water partition coefficient (Wildman–Crippen LogP) is 2.78. The number of nitrogens with zero attached hydrogens (tertiary/aromatic N) is 1. The number of hydrogen-bond donors (Lipinski definition) is 0. The van der Waals surface area contributed by atoms with Crippen LogP contribution in [0.4, 0.5) is 0 Å². The summed E-state index contributed by atoms with van der Waals surface area (Å²) >= 11 is 0. The van der Waals surface area contributed by atoms with Crippen molar-refractivity contribution in [3.63, 3.8) is 0 Å². The normalized spacial score (nSPS) is 28.5. The lowest BCUT2D eigenvalue weighted by molar-refractivity contribution is -0.00768. The van der Waals surface area contributed by atoms with Gasteiger partial charge in [-0.3, -0.25) is 0 Å². The summed E-state index contributed by atoms with van der Waals surface area (Å²) in [6.45, 7) is 13.2. The lowest BCUT2D eigenvalue weighted by Crippen LogP contribution is -2.45. The summed E-state index contributed by atoms with van der Waals surface area (Å²) in [4.78, 5) is 2.53. The van der Waals surface area contributed by atoms with E-state index in [0.717, 1.165) is 0 Å². The average Bonchev–Trinajstić information content (AvgIpc) is 2.20. The standard InChI is InChI=1S/C10H21NO.C2H6/c1-8(2)11-6-5-10(12-4)9(3)7-11;1-2/h8-10H,5-7H2,1-4H3;1-2H3. The minimum Gasteiger partial charge on any atom is -0.381 e. The van der Waals surface area contributed by atoms with Crippen LogP contribution < -0.4 is 0 Å². The Balaban J connectivity index is 0.000000791. The van der Waals surface area contributed by atoms with Crippen LogP contribution in [0.1, 0.15) is 41.0 Å². The zero-order valence-electron chi connectivity index (χ0n) is 10.7. The summed E-state index contributed by atoms with van der Waals surface area (Å²) in [5.74, 6) is 0.686. The highest BCUT2D eigenvalue weighted by atomic mass is 16.5. The van der Waals surface area contributed by atoms with Crippen molar-refractivity contribution >= 4 is 0 Å². The van der Waals surface area contributed by atoms with Crippen LogP contribution in [0, 0.1) is 5.92 Å². The van der Waals surface area contributed by atoms with Crippen molar-refractivity contribution in [3.05, 3.63) is 0 Å². The highest BCUT2D eigenvalue weighted by Crippen LogP contribution is 2.20. The molecule has 0 spiro atoms. The van der Waals surface area contributed by atoms with E-state index in [1.165, 1.54) is 19.5 Å². The van der Waals surface area contributed by atoms with E-state index in [4.69, 9.17) is 4.74 Å². The van der Waals surface area contributed by atoms with E-state index in [9.17, 15) is 0 Å². The van der Waals surface area contributed by atoms with Gasteiger partial charge in [0.25, 0.3) is 0 Å². The topological polar surface area (TPSA) is 12.5 Å². The molecular formula is C12H27NO. The molecular weight excluding hydrogens is 174 g/mol. The summed E-state index contributed by atoms with van der Waals surface area (Å²) in [5, 5.41) is 0. The molecule has 1 rings (SSSR count). The molecule has 1 heterocycles. The number of methoxy groups -OCH3 is 1. The van der Waals surface area contributed by atoms with Crippen LogP contribution >= 0.6 is 0 Å². The number of rotatable bonds is 2. The van der Waals surface area contributed by atoms with Crippen molar-refractivity contribution in [3.8, 4) is 0 Å². The maximum absolute atomic E-state index is 5.40. The molecule has 2 unspecified atom stereocenters. The Morgan fingerprint density at radius 2 is 1.86 bits per heavy atom. The number of piperidine rings is 1. The summed E-state index contributed by atoms with van der Waals surface area (Å²) in [6.07, 6.45) is 1.68. The quantitative estimate of drug-likeness (QED) is 0.681. The molecule has 0 N–H and O–H groups in total. The van der Waals surface area contributed by atoms with E-state index in [-0.39, 0.29) is 0 Å². The largest absolute Gasteiger partial charge is 0.381 e. The first-order valence-corrected chi connectivity index (χ1v) is 5.92. The van der Waals surface area contributed by atoms with E-state index in [0.29, 0.717) is 18.1 Å². The fraction of sp³-hybridized carbons (Fsp3) is 1.00. The summed E-state index contributed by atoms with van der Waals surface area (Å²) in [5.41, 5.74) is 0. The lowest BCUT2D eigenvalue weighted by Gasteiger charge is -2.38. The highest BCUT2D eigenvalue weighted by molar-refractivity contribution is 4.79. The Bertz CT molecular complexity index is 136. The second kappa shape index (κ2) is 7.24. The number of ether oxygens (including phenoxy) is 1. The van der Waals surface area contributed by atoms with Crippen LogP contribution in [0.5, 0.6) is 0 Å². The zero-order chi connectivity index (χ0) is 11.1. The van der Waals surface area contributed by atoms with Gasteiger partial charge in [-0.1, -0.05) is 20.8 Å². The third-order valence-corrected chi connectivity index (χ3v) is 2.89. The highest BCUT2D eigenvalue weighted by Gasteiger charge is 2.26. The second-order valence-corrected chi connectivity index (χ2v) is 4.13. The summed E-state index contributed by atoms with van der Waals surface area (Å²) in [7, 11) is 1.83. The smallest absolute Gasteiger partial charge is 0.0621 e. The molecule has 0 aromatic carbocycles. The lowest BCUT2D eigenvalue weighted by atomic mass is 9.95. The van der Waals surface area contributed by atoms with Crippen LogP contribution in [0.3, 0.4) is 0 Å². The van der Waals surface area contributed by atoms with E-state index in [2.05, 4.69) is 25.7 Å². The minimum absolute atomic E-state index is 0.486. The molecule has 1 fully saturated rings.